The predicted molar refractivity (Wildman–Crippen MR) is 76.9 cm³/mol. The van der Waals surface area contributed by atoms with Crippen molar-refractivity contribution < 1.29 is 19.4 Å². The Bertz CT molecular complexity index is 586. The summed E-state index contributed by atoms with van der Waals surface area (Å²) in [7, 11) is 0. The first kappa shape index (κ1) is 15.0. The number of carboxylic acids is 1. The van der Waals surface area contributed by atoms with Gasteiger partial charge in [-0.2, -0.15) is 0 Å². The number of carbonyl (C=O) groups is 2. The number of ether oxygens (including phenoxy) is 1. The van der Waals surface area contributed by atoms with Gasteiger partial charge in [-0.3, -0.25) is 9.78 Å². The van der Waals surface area contributed by atoms with E-state index in [1.54, 1.807) is 5.51 Å². The van der Waals surface area contributed by atoms with E-state index in [0.29, 0.717) is 4.88 Å². The zero-order valence-corrected chi connectivity index (χ0v) is 11.9. The molecule has 6 nitrogen and oxygen atoms in total. The number of amides is 1. The number of nitrogens with one attached hydrogen (secondary N) is 1. The fourth-order valence-electron chi connectivity index (χ4n) is 1.70. The maximum Gasteiger partial charge on any atom is 0.407 e. The Morgan fingerprint density at radius 2 is 2.10 bits per heavy atom. The van der Waals surface area contributed by atoms with E-state index in [2.05, 4.69) is 10.3 Å². The molecule has 0 radical (unpaired) electrons. The van der Waals surface area contributed by atoms with Crippen LogP contribution in [0, 0.1) is 0 Å². The average Bonchev–Trinajstić information content (AvgIpc) is 2.99. The number of aliphatic carboxylic acids is 1. The number of thiazole rings is 1. The summed E-state index contributed by atoms with van der Waals surface area (Å²) >= 11 is 1.28. The van der Waals surface area contributed by atoms with Gasteiger partial charge in [0.15, 0.2) is 0 Å². The van der Waals surface area contributed by atoms with Crippen LogP contribution in [0.4, 0.5) is 4.79 Å². The Hall–Kier alpha value is -2.41. The summed E-state index contributed by atoms with van der Waals surface area (Å²) in [6.07, 6.45) is 0.664. The molecule has 0 unspecified atom stereocenters. The van der Waals surface area contributed by atoms with Crippen LogP contribution in [0.25, 0.3) is 0 Å². The topological polar surface area (TPSA) is 88.5 Å². The number of carboxylic acid groups (broad SMARTS) is 1. The highest BCUT2D eigenvalue weighted by Crippen LogP contribution is 2.20. The Morgan fingerprint density at radius 3 is 2.71 bits per heavy atom. The predicted octanol–water partition coefficient (Wildman–Crippen LogP) is 2.59. The van der Waals surface area contributed by atoms with Crippen molar-refractivity contribution in [3.63, 3.8) is 0 Å². The Balaban J connectivity index is 1.90. The SMILES string of the molecule is O=C(O)C[C@H](NC(=O)OCc1ccccc1)c1cncs1. The molecule has 2 aromatic rings. The Kier molecular flexibility index (Phi) is 5.28. The van der Waals surface area contributed by atoms with E-state index in [1.165, 1.54) is 17.5 Å². The Labute approximate surface area is 125 Å². The van der Waals surface area contributed by atoms with Crippen molar-refractivity contribution in [2.24, 2.45) is 0 Å². The summed E-state index contributed by atoms with van der Waals surface area (Å²) in [6.45, 7) is 0.134. The average molecular weight is 306 g/mol. The molecule has 0 fully saturated rings. The summed E-state index contributed by atoms with van der Waals surface area (Å²) in [4.78, 5) is 27.2. The van der Waals surface area contributed by atoms with Crippen LogP contribution < -0.4 is 5.32 Å². The summed E-state index contributed by atoms with van der Waals surface area (Å²) in [6, 6.07) is 8.60. The van der Waals surface area contributed by atoms with Gasteiger partial charge in [0, 0.05) is 11.1 Å². The van der Waals surface area contributed by atoms with Gasteiger partial charge in [-0.05, 0) is 5.56 Å². The maximum atomic E-state index is 11.8. The van der Waals surface area contributed by atoms with E-state index in [4.69, 9.17) is 9.84 Å². The second-order valence-electron chi connectivity index (χ2n) is 4.26. The molecular weight excluding hydrogens is 292 g/mol. The van der Waals surface area contributed by atoms with Crippen molar-refractivity contribution in [2.45, 2.75) is 19.1 Å². The van der Waals surface area contributed by atoms with Gasteiger partial charge in [0.05, 0.1) is 18.0 Å². The first-order valence-corrected chi connectivity index (χ1v) is 7.10. The Morgan fingerprint density at radius 1 is 1.33 bits per heavy atom. The molecule has 1 aromatic heterocycles. The number of carbonyl (C=O) groups excluding carboxylic acids is 1. The molecule has 0 aliphatic rings. The van der Waals surface area contributed by atoms with E-state index in [-0.39, 0.29) is 13.0 Å². The molecule has 1 aromatic carbocycles. The van der Waals surface area contributed by atoms with Gasteiger partial charge in [0.1, 0.15) is 6.61 Å². The summed E-state index contributed by atoms with van der Waals surface area (Å²) < 4.78 is 5.08. The van der Waals surface area contributed by atoms with Crippen LogP contribution in [-0.2, 0) is 16.1 Å². The first-order valence-electron chi connectivity index (χ1n) is 6.22. The molecule has 110 valence electrons. The minimum Gasteiger partial charge on any atom is -0.481 e. The number of hydrogen-bond donors (Lipinski definition) is 2. The molecule has 1 atom stereocenters. The first-order chi connectivity index (χ1) is 10.1. The number of alkyl carbamates (subject to hydrolysis) is 1. The largest absolute Gasteiger partial charge is 0.481 e. The molecule has 0 saturated carbocycles. The van der Waals surface area contributed by atoms with Gasteiger partial charge in [0.25, 0.3) is 0 Å². The normalized spacial score (nSPS) is 11.6. The van der Waals surface area contributed by atoms with E-state index in [9.17, 15) is 9.59 Å². The standard InChI is InChI=1S/C14H14N2O4S/c17-13(18)6-11(12-7-15-9-21-12)16-14(19)20-8-10-4-2-1-3-5-10/h1-5,7,9,11H,6,8H2,(H,16,19)(H,17,18)/t11-/m0/s1. The number of aromatic nitrogens is 1. The maximum absolute atomic E-state index is 11.8. The van der Waals surface area contributed by atoms with Crippen LogP contribution in [-0.4, -0.2) is 22.2 Å². The van der Waals surface area contributed by atoms with E-state index >= 15 is 0 Å². The molecule has 0 spiro atoms. The van der Waals surface area contributed by atoms with Gasteiger partial charge in [-0.25, -0.2) is 4.79 Å². The number of hydrogen-bond acceptors (Lipinski definition) is 5. The van der Waals surface area contributed by atoms with Crippen LogP contribution in [0.1, 0.15) is 22.9 Å². The van der Waals surface area contributed by atoms with Crippen molar-refractivity contribution in [3.8, 4) is 0 Å². The van der Waals surface area contributed by atoms with Crippen molar-refractivity contribution in [1.29, 1.82) is 0 Å². The molecule has 7 heteroatoms. The minimum absolute atomic E-state index is 0.134. The minimum atomic E-state index is -1.00. The second-order valence-corrected chi connectivity index (χ2v) is 5.18. The molecule has 1 amide bonds. The number of benzene rings is 1. The van der Waals surface area contributed by atoms with Crippen molar-refractivity contribution in [2.75, 3.05) is 0 Å². The van der Waals surface area contributed by atoms with Crippen LogP contribution in [0.15, 0.2) is 42.0 Å². The monoisotopic (exact) mass is 306 g/mol. The molecular formula is C14H14N2O4S. The van der Waals surface area contributed by atoms with Crippen LogP contribution in [0.2, 0.25) is 0 Å². The third-order valence-corrected chi connectivity index (χ3v) is 3.57. The lowest BCUT2D eigenvalue weighted by atomic mass is 10.2. The molecule has 1 heterocycles. The highest BCUT2D eigenvalue weighted by Gasteiger charge is 2.20. The third-order valence-electron chi connectivity index (χ3n) is 2.68. The summed E-state index contributed by atoms with van der Waals surface area (Å²) in [5.41, 5.74) is 2.45. The lowest BCUT2D eigenvalue weighted by Gasteiger charge is -2.15. The molecule has 0 saturated heterocycles. The molecule has 2 N–H and O–H groups in total. The van der Waals surface area contributed by atoms with Gasteiger partial charge >= 0.3 is 12.1 Å². The van der Waals surface area contributed by atoms with Gasteiger partial charge < -0.3 is 15.2 Å². The van der Waals surface area contributed by atoms with Gasteiger partial charge in [0.2, 0.25) is 0 Å². The smallest absolute Gasteiger partial charge is 0.407 e. The molecule has 21 heavy (non-hydrogen) atoms. The van der Waals surface area contributed by atoms with E-state index < -0.39 is 18.1 Å². The zero-order valence-electron chi connectivity index (χ0n) is 11.1. The van der Waals surface area contributed by atoms with E-state index in [0.717, 1.165) is 5.56 Å². The van der Waals surface area contributed by atoms with Gasteiger partial charge in [-0.1, -0.05) is 30.3 Å². The van der Waals surface area contributed by atoms with Crippen LogP contribution in [0.3, 0.4) is 0 Å². The molecule has 0 aliphatic heterocycles. The summed E-state index contributed by atoms with van der Waals surface area (Å²) in [5, 5.41) is 11.4. The fourth-order valence-corrected chi connectivity index (χ4v) is 2.37. The fraction of sp³-hybridized carbons (Fsp3) is 0.214. The van der Waals surface area contributed by atoms with Crippen molar-refractivity contribution >= 4 is 23.4 Å². The summed E-state index contributed by atoms with van der Waals surface area (Å²) in [5.74, 6) is -1.00. The lowest BCUT2D eigenvalue weighted by molar-refractivity contribution is -0.137. The molecule has 0 bridgehead atoms. The highest BCUT2D eigenvalue weighted by molar-refractivity contribution is 7.09. The van der Waals surface area contributed by atoms with Crippen molar-refractivity contribution in [1.82, 2.24) is 10.3 Å². The van der Waals surface area contributed by atoms with Gasteiger partial charge in [-0.15, -0.1) is 11.3 Å². The third kappa shape index (κ3) is 4.88. The second kappa shape index (κ2) is 7.39. The molecule has 2 rings (SSSR count). The van der Waals surface area contributed by atoms with Crippen molar-refractivity contribution in [3.05, 3.63) is 52.5 Å². The van der Waals surface area contributed by atoms with Crippen LogP contribution in [0.5, 0.6) is 0 Å². The lowest BCUT2D eigenvalue weighted by Crippen LogP contribution is -2.30. The highest BCUT2D eigenvalue weighted by atomic mass is 32.1. The number of nitrogens with zero attached hydrogens (tertiary/aromatic N) is 1. The van der Waals surface area contributed by atoms with Crippen LogP contribution >= 0.6 is 11.3 Å². The quantitative estimate of drug-likeness (QED) is 0.856. The zero-order chi connectivity index (χ0) is 15.1. The molecule has 0 aliphatic carbocycles. The number of rotatable bonds is 6. The van der Waals surface area contributed by atoms with E-state index in [1.807, 2.05) is 30.3 Å².